The number of nitrogens with one attached hydrogen (secondary N) is 3. The Hall–Kier alpha value is -5.26. The van der Waals surface area contributed by atoms with Gasteiger partial charge in [0, 0.05) is 20.0 Å². The first-order chi connectivity index (χ1) is 22.4. The Morgan fingerprint density at radius 1 is 0.891 bits per heavy atom. The summed E-state index contributed by atoms with van der Waals surface area (Å²) in [4.78, 5) is 54.0. The molecule has 1 heterocycles. The Bertz CT molecular complexity index is 1480. The van der Waals surface area contributed by atoms with Crippen molar-refractivity contribution in [3.63, 3.8) is 0 Å². The zero-order valence-electron chi connectivity index (χ0n) is 26.1. The first-order valence-electron chi connectivity index (χ1n) is 15.2. The highest BCUT2D eigenvalue weighted by Crippen LogP contribution is 2.20. The Morgan fingerprint density at radius 3 is 2.22 bits per heavy atom. The second-order valence-corrected chi connectivity index (χ2v) is 10.5. The SMILES string of the molecule is COc1ccc(OCCNC(=O)[C@@H]2CCC(=O)N(C)CCOc3ccccc3C(=O)NCCCOc3ccccc3C(=O)N2)cc1. The molecule has 0 aromatic heterocycles. The van der Waals surface area contributed by atoms with Crippen LogP contribution >= 0.6 is 0 Å². The summed E-state index contributed by atoms with van der Waals surface area (Å²) < 4.78 is 22.6. The maximum atomic E-state index is 13.4. The normalized spacial score (nSPS) is 16.7. The quantitative estimate of drug-likeness (QED) is 0.352. The van der Waals surface area contributed by atoms with E-state index in [1.807, 2.05) is 0 Å². The lowest BCUT2D eigenvalue weighted by atomic mass is 10.1. The number of benzene rings is 3. The van der Waals surface area contributed by atoms with Gasteiger partial charge in [0.1, 0.15) is 42.3 Å². The van der Waals surface area contributed by atoms with Crippen LogP contribution in [0, 0.1) is 0 Å². The van der Waals surface area contributed by atoms with Crippen molar-refractivity contribution in [2.45, 2.75) is 25.3 Å². The van der Waals surface area contributed by atoms with E-state index >= 15 is 0 Å². The Labute approximate surface area is 268 Å². The van der Waals surface area contributed by atoms with Crippen molar-refractivity contribution in [1.29, 1.82) is 0 Å². The van der Waals surface area contributed by atoms with Crippen LogP contribution in [0.2, 0.25) is 0 Å². The minimum Gasteiger partial charge on any atom is -0.497 e. The average Bonchev–Trinajstić information content (AvgIpc) is 3.08. The van der Waals surface area contributed by atoms with Gasteiger partial charge in [0.2, 0.25) is 11.8 Å². The van der Waals surface area contributed by atoms with E-state index in [4.69, 9.17) is 18.9 Å². The van der Waals surface area contributed by atoms with Crippen LogP contribution in [-0.4, -0.2) is 88.2 Å². The Morgan fingerprint density at radius 2 is 1.52 bits per heavy atom. The van der Waals surface area contributed by atoms with E-state index < -0.39 is 17.9 Å². The van der Waals surface area contributed by atoms with Gasteiger partial charge in [-0.3, -0.25) is 19.2 Å². The fraction of sp³-hybridized carbons (Fsp3) is 0.353. The van der Waals surface area contributed by atoms with Crippen LogP contribution < -0.4 is 34.9 Å². The zero-order chi connectivity index (χ0) is 32.7. The van der Waals surface area contributed by atoms with Crippen LogP contribution in [0.25, 0.3) is 0 Å². The predicted molar refractivity (Wildman–Crippen MR) is 170 cm³/mol. The van der Waals surface area contributed by atoms with Crippen molar-refractivity contribution in [2.75, 3.05) is 53.6 Å². The molecule has 0 fully saturated rings. The maximum absolute atomic E-state index is 13.4. The monoisotopic (exact) mass is 632 g/mol. The van der Waals surface area contributed by atoms with E-state index in [1.54, 1.807) is 87.0 Å². The lowest BCUT2D eigenvalue weighted by Gasteiger charge is -2.22. The maximum Gasteiger partial charge on any atom is 0.255 e. The van der Waals surface area contributed by atoms with Crippen LogP contribution in [0.4, 0.5) is 0 Å². The van der Waals surface area contributed by atoms with E-state index in [-0.39, 0.29) is 63.1 Å². The van der Waals surface area contributed by atoms with Crippen LogP contribution in [0.5, 0.6) is 23.0 Å². The van der Waals surface area contributed by atoms with Crippen molar-refractivity contribution in [2.24, 2.45) is 0 Å². The van der Waals surface area contributed by atoms with Crippen molar-refractivity contribution in [1.82, 2.24) is 20.9 Å². The van der Waals surface area contributed by atoms with Gasteiger partial charge in [0.25, 0.3) is 11.8 Å². The van der Waals surface area contributed by atoms with E-state index in [0.29, 0.717) is 41.5 Å². The summed E-state index contributed by atoms with van der Waals surface area (Å²) in [6.07, 6.45) is 0.544. The molecule has 1 aliphatic rings. The number of ether oxygens (including phenoxy) is 4. The molecule has 0 bridgehead atoms. The summed E-state index contributed by atoms with van der Waals surface area (Å²) >= 11 is 0. The number of para-hydroxylation sites is 2. The number of methoxy groups -OCH3 is 1. The first-order valence-corrected chi connectivity index (χ1v) is 15.2. The fourth-order valence-electron chi connectivity index (χ4n) is 4.63. The molecule has 244 valence electrons. The summed E-state index contributed by atoms with van der Waals surface area (Å²) in [6.45, 7) is 1.36. The van der Waals surface area contributed by atoms with Crippen molar-refractivity contribution in [3.8, 4) is 23.0 Å². The standard InChI is InChI=1S/C34H40N4O8/c1-38-20-23-46-29-10-5-3-8-26(29)32(40)35-18-7-21-45-30-11-6-4-9-27(30)33(41)37-28(16-17-31(38)39)34(42)36-19-22-44-25-14-12-24(43-2)13-15-25/h3-6,8-15,28H,7,16-23H2,1-2H3,(H,35,40)(H,36,42)(H,37,41)/t28-/m0/s1. The van der Waals surface area contributed by atoms with Crippen LogP contribution in [0.1, 0.15) is 40.0 Å². The zero-order valence-corrected chi connectivity index (χ0v) is 26.1. The van der Waals surface area contributed by atoms with Crippen molar-refractivity contribution < 1.29 is 38.1 Å². The lowest BCUT2D eigenvalue weighted by Crippen LogP contribution is -2.48. The fourth-order valence-corrected chi connectivity index (χ4v) is 4.63. The van der Waals surface area contributed by atoms with E-state index in [9.17, 15) is 19.2 Å². The summed E-state index contributed by atoms with van der Waals surface area (Å²) in [5.74, 6) is 0.585. The molecule has 12 nitrogen and oxygen atoms in total. The van der Waals surface area contributed by atoms with Gasteiger partial charge in [-0.05, 0) is 61.4 Å². The van der Waals surface area contributed by atoms with E-state index in [2.05, 4.69) is 16.0 Å². The van der Waals surface area contributed by atoms with Gasteiger partial charge < -0.3 is 39.8 Å². The van der Waals surface area contributed by atoms with Crippen LogP contribution in [0.15, 0.2) is 72.8 Å². The number of rotatable bonds is 6. The third kappa shape index (κ3) is 9.88. The highest BCUT2D eigenvalue weighted by Gasteiger charge is 2.25. The highest BCUT2D eigenvalue weighted by atomic mass is 16.5. The highest BCUT2D eigenvalue weighted by molar-refractivity contribution is 6.00. The van der Waals surface area contributed by atoms with Crippen LogP contribution in [-0.2, 0) is 9.59 Å². The topological polar surface area (TPSA) is 145 Å². The largest absolute Gasteiger partial charge is 0.497 e. The minimum absolute atomic E-state index is 0.00560. The van der Waals surface area contributed by atoms with Crippen molar-refractivity contribution in [3.05, 3.63) is 83.9 Å². The average molecular weight is 633 g/mol. The number of nitrogens with zero attached hydrogens (tertiary/aromatic N) is 1. The molecule has 4 rings (SSSR count). The number of carbonyl (C=O) groups is 4. The number of hydrogen-bond donors (Lipinski definition) is 3. The molecule has 4 amide bonds. The predicted octanol–water partition coefficient (Wildman–Crippen LogP) is 2.82. The molecule has 0 saturated carbocycles. The molecule has 3 N–H and O–H groups in total. The molecule has 12 heteroatoms. The molecule has 0 spiro atoms. The third-order valence-electron chi connectivity index (χ3n) is 7.24. The summed E-state index contributed by atoms with van der Waals surface area (Å²) in [6, 6.07) is 19.7. The molecule has 0 radical (unpaired) electrons. The lowest BCUT2D eigenvalue weighted by molar-refractivity contribution is -0.130. The minimum atomic E-state index is -0.997. The molecule has 1 aliphatic heterocycles. The summed E-state index contributed by atoms with van der Waals surface area (Å²) in [5.41, 5.74) is 0.633. The number of amides is 4. The Kier molecular flexibility index (Phi) is 12.6. The number of carbonyl (C=O) groups excluding carboxylic acids is 4. The number of fused-ring (bicyclic) bond motifs is 2. The molecule has 0 unspecified atom stereocenters. The molecular weight excluding hydrogens is 592 g/mol. The van der Waals surface area contributed by atoms with E-state index in [1.165, 1.54) is 4.90 Å². The van der Waals surface area contributed by atoms with Gasteiger partial charge in [-0.25, -0.2) is 0 Å². The van der Waals surface area contributed by atoms with Gasteiger partial charge in [-0.1, -0.05) is 24.3 Å². The number of likely N-dealkylation sites (N-methyl/N-ethyl adjacent to an activating group) is 1. The second-order valence-electron chi connectivity index (χ2n) is 10.5. The van der Waals surface area contributed by atoms with Gasteiger partial charge in [-0.2, -0.15) is 0 Å². The molecule has 46 heavy (non-hydrogen) atoms. The Balaban J connectivity index is 1.44. The first kappa shape index (κ1) is 33.6. The molecule has 0 saturated heterocycles. The molecular formula is C34H40N4O8. The third-order valence-corrected chi connectivity index (χ3v) is 7.24. The molecule has 0 aliphatic carbocycles. The van der Waals surface area contributed by atoms with Crippen LogP contribution in [0.3, 0.4) is 0 Å². The van der Waals surface area contributed by atoms with Gasteiger partial charge >= 0.3 is 0 Å². The number of hydrogen-bond acceptors (Lipinski definition) is 8. The molecule has 3 aromatic carbocycles. The summed E-state index contributed by atoms with van der Waals surface area (Å²) in [7, 11) is 3.21. The second kappa shape index (κ2) is 17.3. The van der Waals surface area contributed by atoms with E-state index in [0.717, 1.165) is 0 Å². The van der Waals surface area contributed by atoms with Crippen molar-refractivity contribution >= 4 is 23.6 Å². The van der Waals surface area contributed by atoms with Gasteiger partial charge in [0.05, 0.1) is 37.9 Å². The van der Waals surface area contributed by atoms with Gasteiger partial charge in [-0.15, -0.1) is 0 Å². The molecule has 3 aromatic rings. The van der Waals surface area contributed by atoms with Gasteiger partial charge in [0.15, 0.2) is 0 Å². The molecule has 1 atom stereocenters. The smallest absolute Gasteiger partial charge is 0.255 e. The summed E-state index contributed by atoms with van der Waals surface area (Å²) in [5, 5.41) is 8.44.